The molecule has 1 aromatic carbocycles. The van der Waals surface area contributed by atoms with E-state index >= 15 is 0 Å². The lowest BCUT2D eigenvalue weighted by Crippen LogP contribution is -2.50. The standard InChI is InChI=1S/C28H43N5O5/c1-5-32-15-9-10-20(32)16-29-28(37)22-13-14-26(35)33(6-2)17-25(34)30-23(19(3)4)18-38-24-12-8-7-11-21(24)27(36)31-22/h7-8,11-12,19-20,22-23H,5-6,9-10,13-18H2,1-4H3,(H,29,37)(H,30,34)(H,31,36)/t20-,22-,23+/m0/s1. The summed E-state index contributed by atoms with van der Waals surface area (Å²) in [5.74, 6) is -0.844. The Morgan fingerprint density at radius 2 is 1.87 bits per heavy atom. The van der Waals surface area contributed by atoms with Gasteiger partial charge in [-0.3, -0.25) is 24.1 Å². The first-order valence-corrected chi connectivity index (χ1v) is 13.8. The minimum atomic E-state index is -0.906. The summed E-state index contributed by atoms with van der Waals surface area (Å²) in [5.41, 5.74) is 0.295. The van der Waals surface area contributed by atoms with Gasteiger partial charge in [0.05, 0.1) is 18.2 Å². The van der Waals surface area contributed by atoms with Crippen molar-refractivity contribution in [1.29, 1.82) is 0 Å². The Labute approximate surface area is 225 Å². The molecule has 3 atom stereocenters. The van der Waals surface area contributed by atoms with Crippen molar-refractivity contribution < 1.29 is 23.9 Å². The minimum absolute atomic E-state index is 0.0236. The summed E-state index contributed by atoms with van der Waals surface area (Å²) in [4.78, 5) is 56.2. The quantitative estimate of drug-likeness (QED) is 0.514. The Bertz CT molecular complexity index is 984. The van der Waals surface area contributed by atoms with E-state index in [0.717, 1.165) is 25.9 Å². The van der Waals surface area contributed by atoms with Gasteiger partial charge in [-0.1, -0.05) is 32.9 Å². The molecule has 4 amide bonds. The van der Waals surface area contributed by atoms with E-state index in [-0.39, 0.29) is 61.7 Å². The summed E-state index contributed by atoms with van der Waals surface area (Å²) in [6.45, 7) is 10.7. The lowest BCUT2D eigenvalue weighted by atomic mass is 10.1. The molecule has 0 aromatic heterocycles. The second-order valence-electron chi connectivity index (χ2n) is 10.4. The van der Waals surface area contributed by atoms with Crippen LogP contribution in [0, 0.1) is 5.92 Å². The van der Waals surface area contributed by atoms with Crippen LogP contribution < -0.4 is 20.7 Å². The van der Waals surface area contributed by atoms with Gasteiger partial charge in [-0.2, -0.15) is 0 Å². The van der Waals surface area contributed by atoms with Crippen LogP contribution >= 0.6 is 0 Å². The molecule has 2 heterocycles. The molecule has 2 aliphatic rings. The van der Waals surface area contributed by atoms with Crippen molar-refractivity contribution in [1.82, 2.24) is 25.8 Å². The fraction of sp³-hybridized carbons (Fsp3) is 0.643. The molecular weight excluding hydrogens is 486 g/mol. The molecule has 38 heavy (non-hydrogen) atoms. The molecule has 3 N–H and O–H groups in total. The summed E-state index contributed by atoms with van der Waals surface area (Å²) in [6.07, 6.45) is 2.25. The van der Waals surface area contributed by atoms with Crippen molar-refractivity contribution in [3.8, 4) is 5.75 Å². The molecule has 0 bridgehead atoms. The van der Waals surface area contributed by atoms with Crippen molar-refractivity contribution in [3.05, 3.63) is 29.8 Å². The SMILES string of the molecule is CCN1CC(=O)N[C@@H](C(C)C)COc2ccccc2C(=O)N[C@H](C(=O)NC[C@@H]2CCCN2CC)CCC1=O. The van der Waals surface area contributed by atoms with Crippen LogP contribution in [0.3, 0.4) is 0 Å². The molecule has 3 rings (SSSR count). The van der Waals surface area contributed by atoms with Crippen molar-refractivity contribution in [3.63, 3.8) is 0 Å². The summed E-state index contributed by atoms with van der Waals surface area (Å²) >= 11 is 0. The van der Waals surface area contributed by atoms with E-state index in [1.54, 1.807) is 24.3 Å². The van der Waals surface area contributed by atoms with Crippen molar-refractivity contribution in [2.24, 2.45) is 5.92 Å². The third kappa shape index (κ3) is 7.93. The zero-order valence-corrected chi connectivity index (χ0v) is 23.1. The highest BCUT2D eigenvalue weighted by Gasteiger charge is 2.29. The van der Waals surface area contributed by atoms with Gasteiger partial charge in [0.1, 0.15) is 18.4 Å². The number of fused-ring (bicyclic) bond motifs is 1. The van der Waals surface area contributed by atoms with Gasteiger partial charge >= 0.3 is 0 Å². The van der Waals surface area contributed by atoms with Gasteiger partial charge in [0.25, 0.3) is 5.91 Å². The highest BCUT2D eigenvalue weighted by molar-refractivity contribution is 5.99. The second-order valence-corrected chi connectivity index (χ2v) is 10.4. The van der Waals surface area contributed by atoms with Crippen molar-refractivity contribution in [2.75, 3.05) is 39.3 Å². The van der Waals surface area contributed by atoms with Crippen molar-refractivity contribution in [2.45, 2.75) is 71.5 Å². The van der Waals surface area contributed by atoms with E-state index in [2.05, 4.69) is 27.8 Å². The maximum Gasteiger partial charge on any atom is 0.255 e. The van der Waals surface area contributed by atoms with E-state index in [4.69, 9.17) is 4.74 Å². The average molecular weight is 530 g/mol. The number of benzene rings is 1. The Morgan fingerprint density at radius 1 is 1.11 bits per heavy atom. The summed E-state index contributed by atoms with van der Waals surface area (Å²) in [6, 6.07) is 5.89. The molecule has 0 radical (unpaired) electrons. The number of hydrogen-bond acceptors (Lipinski definition) is 6. The maximum absolute atomic E-state index is 13.3. The normalized spacial score (nSPS) is 24.1. The number of likely N-dealkylation sites (tertiary alicyclic amines) is 1. The molecule has 10 heteroatoms. The topological polar surface area (TPSA) is 120 Å². The molecule has 1 fully saturated rings. The zero-order chi connectivity index (χ0) is 27.7. The lowest BCUT2D eigenvalue weighted by Gasteiger charge is -2.26. The van der Waals surface area contributed by atoms with Gasteiger partial charge in [-0.05, 0) is 57.3 Å². The van der Waals surface area contributed by atoms with E-state index in [0.29, 0.717) is 24.4 Å². The number of carbonyl (C=O) groups excluding carboxylic acids is 4. The third-order valence-corrected chi connectivity index (χ3v) is 7.46. The third-order valence-electron chi connectivity index (χ3n) is 7.46. The summed E-state index contributed by atoms with van der Waals surface area (Å²) in [7, 11) is 0. The minimum Gasteiger partial charge on any atom is -0.491 e. The van der Waals surface area contributed by atoms with E-state index in [1.165, 1.54) is 4.90 Å². The first-order valence-electron chi connectivity index (χ1n) is 13.8. The van der Waals surface area contributed by atoms with Gasteiger partial charge in [-0.15, -0.1) is 0 Å². The monoisotopic (exact) mass is 529 g/mol. The smallest absolute Gasteiger partial charge is 0.255 e. The number of likely N-dealkylation sites (N-methyl/N-ethyl adjacent to an activating group) is 2. The zero-order valence-electron chi connectivity index (χ0n) is 23.1. The number of ether oxygens (including phenoxy) is 1. The van der Waals surface area contributed by atoms with E-state index in [1.807, 2.05) is 20.8 Å². The van der Waals surface area contributed by atoms with Crippen LogP contribution in [0.1, 0.15) is 63.7 Å². The van der Waals surface area contributed by atoms with Crippen molar-refractivity contribution >= 4 is 23.6 Å². The van der Waals surface area contributed by atoms with E-state index < -0.39 is 11.9 Å². The number of nitrogens with zero attached hydrogens (tertiary/aromatic N) is 2. The summed E-state index contributed by atoms with van der Waals surface area (Å²) in [5, 5.41) is 8.80. The van der Waals surface area contributed by atoms with Crippen LogP contribution in [0.15, 0.2) is 24.3 Å². The fourth-order valence-corrected chi connectivity index (χ4v) is 4.98. The highest BCUT2D eigenvalue weighted by Crippen LogP contribution is 2.20. The molecule has 0 saturated carbocycles. The Morgan fingerprint density at radius 3 is 2.58 bits per heavy atom. The predicted molar refractivity (Wildman–Crippen MR) is 145 cm³/mol. The van der Waals surface area contributed by atoms with Gasteiger partial charge in [0.2, 0.25) is 17.7 Å². The number of hydrogen-bond donors (Lipinski definition) is 3. The first-order chi connectivity index (χ1) is 18.2. The lowest BCUT2D eigenvalue weighted by molar-refractivity contribution is -0.136. The van der Waals surface area contributed by atoms with Crippen LogP contribution in [-0.2, 0) is 14.4 Å². The van der Waals surface area contributed by atoms with Crippen LogP contribution in [0.5, 0.6) is 5.75 Å². The number of nitrogens with one attached hydrogen (secondary N) is 3. The number of rotatable bonds is 6. The summed E-state index contributed by atoms with van der Waals surface area (Å²) < 4.78 is 6.00. The highest BCUT2D eigenvalue weighted by atomic mass is 16.5. The average Bonchev–Trinajstić information content (AvgIpc) is 3.37. The van der Waals surface area contributed by atoms with Crippen LogP contribution in [-0.4, -0.2) is 90.9 Å². The molecule has 0 spiro atoms. The molecule has 1 aromatic rings. The van der Waals surface area contributed by atoms with Crippen LogP contribution in [0.2, 0.25) is 0 Å². The molecule has 0 aliphatic carbocycles. The van der Waals surface area contributed by atoms with Gasteiger partial charge < -0.3 is 25.6 Å². The maximum atomic E-state index is 13.3. The number of carbonyl (C=O) groups is 4. The molecule has 10 nitrogen and oxygen atoms in total. The Balaban J connectivity index is 1.83. The predicted octanol–water partition coefficient (Wildman–Crippen LogP) is 1.55. The fourth-order valence-electron chi connectivity index (χ4n) is 4.98. The van der Waals surface area contributed by atoms with Gasteiger partial charge in [0.15, 0.2) is 0 Å². The molecular formula is C28H43N5O5. The first kappa shape index (κ1) is 29.4. The Hall–Kier alpha value is -3.14. The second kappa shape index (κ2) is 14.1. The number of para-hydroxylation sites is 1. The van der Waals surface area contributed by atoms with E-state index in [9.17, 15) is 19.2 Å². The molecule has 0 unspecified atom stereocenters. The number of amides is 4. The molecule has 210 valence electrons. The molecule has 2 aliphatic heterocycles. The van der Waals surface area contributed by atoms with Gasteiger partial charge in [-0.25, -0.2) is 0 Å². The van der Waals surface area contributed by atoms with Crippen LogP contribution in [0.25, 0.3) is 0 Å². The largest absolute Gasteiger partial charge is 0.491 e. The van der Waals surface area contributed by atoms with Crippen LogP contribution in [0.4, 0.5) is 0 Å². The molecule has 1 saturated heterocycles. The Kier molecular flexibility index (Phi) is 10.9. The van der Waals surface area contributed by atoms with Gasteiger partial charge in [0, 0.05) is 25.6 Å².